The van der Waals surface area contributed by atoms with Gasteiger partial charge >= 0.3 is 11.9 Å². The molecule has 6 heterocycles. The normalized spacial score (nSPS) is 24.1. The van der Waals surface area contributed by atoms with E-state index in [4.69, 9.17) is 9.84 Å². The average Bonchev–Trinajstić information content (AvgIpc) is 3.81. The molecule has 3 saturated heterocycles. The fourth-order valence-corrected chi connectivity index (χ4v) is 9.71. The highest BCUT2D eigenvalue weighted by molar-refractivity contribution is 6.05. The molecule has 3 atom stereocenters. The number of piperidine rings is 1. The highest BCUT2D eigenvalue weighted by Crippen LogP contribution is 2.40. The summed E-state index contributed by atoms with van der Waals surface area (Å²) in [6.07, 6.45) is 4.06. The van der Waals surface area contributed by atoms with Crippen LogP contribution in [0.5, 0.6) is 5.75 Å². The molecule has 0 spiro atoms. The van der Waals surface area contributed by atoms with Crippen LogP contribution in [0.2, 0.25) is 0 Å². The Balaban J connectivity index is 0.845. The molecule has 2 N–H and O–H groups in total. The molecule has 17 heteroatoms. The number of ether oxygens (including phenoxy) is 1. The van der Waals surface area contributed by atoms with Gasteiger partial charge < -0.3 is 15.0 Å². The SMILES string of the molecule is COc1cc2nn([C@H]3CC[C@H](CN4[C@@H]5CC[C@H]4CN(c4cccc6c4n(C)c(=O)n6C4CCC(=O)NC4=O)C5)CC3)cc2cc1NC(=O)c1cccc(C(F)(F)F)n1. The lowest BCUT2D eigenvalue weighted by Gasteiger charge is -2.44. The van der Waals surface area contributed by atoms with Crippen LogP contribution in [-0.2, 0) is 22.8 Å². The van der Waals surface area contributed by atoms with Crippen LogP contribution >= 0.6 is 0 Å². The number of pyridine rings is 1. The first kappa shape index (κ1) is 37.8. The lowest BCUT2D eigenvalue weighted by atomic mass is 9.85. The number of hydrogen-bond acceptors (Lipinski definition) is 9. The summed E-state index contributed by atoms with van der Waals surface area (Å²) in [7, 11) is 3.21. The smallest absolute Gasteiger partial charge is 0.433 e. The van der Waals surface area contributed by atoms with Crippen molar-refractivity contribution in [2.45, 2.75) is 81.7 Å². The van der Waals surface area contributed by atoms with Gasteiger partial charge in [0.05, 0.1) is 41.1 Å². The quantitative estimate of drug-likeness (QED) is 0.196. The molecule has 14 nitrogen and oxygen atoms in total. The third kappa shape index (κ3) is 6.78. The van der Waals surface area contributed by atoms with Crippen molar-refractivity contribution < 1.29 is 32.3 Å². The minimum Gasteiger partial charge on any atom is -0.494 e. The number of alkyl halides is 3. The van der Waals surface area contributed by atoms with Crippen molar-refractivity contribution >= 4 is 51.0 Å². The van der Waals surface area contributed by atoms with E-state index in [-0.39, 0.29) is 29.8 Å². The fraction of sp³-hybridized carbons (Fsp3) is 0.463. The Morgan fingerprint density at radius 3 is 2.38 bits per heavy atom. The van der Waals surface area contributed by atoms with Crippen molar-refractivity contribution in [3.63, 3.8) is 0 Å². The lowest BCUT2D eigenvalue weighted by Crippen LogP contribution is -2.55. The van der Waals surface area contributed by atoms with E-state index in [9.17, 15) is 32.3 Å². The minimum absolute atomic E-state index is 0.197. The van der Waals surface area contributed by atoms with Crippen LogP contribution in [0.25, 0.3) is 21.9 Å². The number of anilines is 2. The number of hydrogen-bond donors (Lipinski definition) is 2. The van der Waals surface area contributed by atoms with Gasteiger partial charge in [-0.2, -0.15) is 18.3 Å². The summed E-state index contributed by atoms with van der Waals surface area (Å²) in [6.45, 7) is 2.74. The van der Waals surface area contributed by atoms with Crippen LogP contribution < -0.4 is 26.0 Å². The van der Waals surface area contributed by atoms with Crippen LogP contribution in [0.3, 0.4) is 0 Å². The van der Waals surface area contributed by atoms with Crippen molar-refractivity contribution in [3.05, 3.63) is 76.6 Å². The number of benzene rings is 2. The number of aromatic nitrogens is 5. The number of methoxy groups -OCH3 is 1. The number of carbonyl (C=O) groups is 3. The number of imidazole rings is 1. The third-order valence-corrected chi connectivity index (χ3v) is 12.6. The number of amides is 3. The zero-order valence-corrected chi connectivity index (χ0v) is 32.2. The zero-order valence-electron chi connectivity index (χ0n) is 32.2. The van der Waals surface area contributed by atoms with Gasteiger partial charge in [-0.15, -0.1) is 0 Å². The summed E-state index contributed by atoms with van der Waals surface area (Å²) in [6, 6.07) is 12.8. The van der Waals surface area contributed by atoms with E-state index in [2.05, 4.69) is 31.5 Å². The van der Waals surface area contributed by atoms with Crippen molar-refractivity contribution in [2.24, 2.45) is 13.0 Å². The van der Waals surface area contributed by atoms with Crippen molar-refractivity contribution in [2.75, 3.05) is 37.0 Å². The Morgan fingerprint density at radius 1 is 0.948 bits per heavy atom. The maximum absolute atomic E-state index is 13.6. The standard InChI is InChI=1S/C41H44F3N9O5/c1-49-37-31(6-4-7-32(37)53(40(49)57)33-15-16-36(54)47-39(33)56)50-21-26-13-14-27(22-50)51(26)19-23-9-11-25(12-10-23)52-20-24-17-30(34(58-2)18-29(24)48-52)46-38(55)28-5-3-8-35(45-28)41(42,43)44/h3-8,17-18,20,23,25-27,33H,9-16,19,21-22H2,1-2H3,(H,46,55)(H,47,54,56)/t23-,25-,26-,27+,33?. The predicted molar refractivity (Wildman–Crippen MR) is 209 cm³/mol. The van der Waals surface area contributed by atoms with E-state index in [1.807, 2.05) is 23.0 Å². The van der Waals surface area contributed by atoms with Crippen molar-refractivity contribution in [3.8, 4) is 5.75 Å². The number of rotatable bonds is 8. The zero-order chi connectivity index (χ0) is 40.5. The number of halogens is 3. The molecule has 9 rings (SSSR count). The summed E-state index contributed by atoms with van der Waals surface area (Å²) in [5.41, 5.74) is 1.73. The van der Waals surface area contributed by atoms with Crippen molar-refractivity contribution in [1.82, 2.24) is 34.1 Å². The average molecular weight is 800 g/mol. The Bertz CT molecular complexity index is 2490. The summed E-state index contributed by atoms with van der Waals surface area (Å²) in [5.74, 6) is -0.647. The fourth-order valence-electron chi connectivity index (χ4n) is 9.71. The number of nitrogens with zero attached hydrogens (tertiary/aromatic N) is 7. The molecular formula is C41H44F3N9O5. The van der Waals surface area contributed by atoms with E-state index in [1.165, 1.54) is 13.2 Å². The lowest BCUT2D eigenvalue weighted by molar-refractivity contribution is -0.141. The number of nitrogens with one attached hydrogen (secondary N) is 2. The summed E-state index contributed by atoms with van der Waals surface area (Å²) < 4.78 is 50.3. The summed E-state index contributed by atoms with van der Waals surface area (Å²) in [4.78, 5) is 59.7. The van der Waals surface area contributed by atoms with Gasteiger partial charge in [0, 0.05) is 62.8 Å². The van der Waals surface area contributed by atoms with E-state index < -0.39 is 29.7 Å². The topological polar surface area (TPSA) is 149 Å². The number of piperazine rings is 1. The van der Waals surface area contributed by atoms with Gasteiger partial charge in [0.25, 0.3) is 5.91 Å². The largest absolute Gasteiger partial charge is 0.494 e. The Labute approximate surface area is 330 Å². The van der Waals surface area contributed by atoms with Gasteiger partial charge in [-0.1, -0.05) is 12.1 Å². The first-order valence-electron chi connectivity index (χ1n) is 19.8. The van der Waals surface area contributed by atoms with E-state index >= 15 is 0 Å². The van der Waals surface area contributed by atoms with Crippen LogP contribution in [0, 0.1) is 5.92 Å². The molecule has 1 saturated carbocycles. The Hall–Kier alpha value is -5.71. The summed E-state index contributed by atoms with van der Waals surface area (Å²) >= 11 is 0. The Morgan fingerprint density at radius 2 is 1.67 bits per heavy atom. The molecule has 0 radical (unpaired) electrons. The van der Waals surface area contributed by atoms with Gasteiger partial charge in [0.1, 0.15) is 23.2 Å². The highest BCUT2D eigenvalue weighted by atomic mass is 19.4. The van der Waals surface area contributed by atoms with E-state index in [0.29, 0.717) is 46.9 Å². The molecule has 5 aromatic rings. The van der Waals surface area contributed by atoms with E-state index in [1.54, 1.807) is 28.3 Å². The highest BCUT2D eigenvalue weighted by Gasteiger charge is 2.42. The molecule has 4 fully saturated rings. The molecule has 3 amide bonds. The molecule has 58 heavy (non-hydrogen) atoms. The second-order valence-electron chi connectivity index (χ2n) is 16.1. The van der Waals surface area contributed by atoms with Gasteiger partial charge in [0.15, 0.2) is 0 Å². The molecule has 3 aliphatic heterocycles. The van der Waals surface area contributed by atoms with Crippen molar-refractivity contribution in [1.29, 1.82) is 0 Å². The number of para-hydroxylation sites is 1. The molecular weight excluding hydrogens is 756 g/mol. The van der Waals surface area contributed by atoms with E-state index in [0.717, 1.165) is 86.9 Å². The Kier molecular flexibility index (Phi) is 9.52. The van der Waals surface area contributed by atoms with Gasteiger partial charge in [-0.25, -0.2) is 9.78 Å². The minimum atomic E-state index is -4.67. The third-order valence-electron chi connectivity index (χ3n) is 12.6. The molecule has 304 valence electrons. The van der Waals surface area contributed by atoms with Crippen LogP contribution in [0.4, 0.5) is 24.5 Å². The molecule has 4 aliphatic rings. The monoisotopic (exact) mass is 799 g/mol. The molecule has 2 bridgehead atoms. The second-order valence-corrected chi connectivity index (χ2v) is 16.1. The van der Waals surface area contributed by atoms with Gasteiger partial charge in [-0.05, 0) is 81.2 Å². The predicted octanol–water partition coefficient (Wildman–Crippen LogP) is 5.43. The van der Waals surface area contributed by atoms with Crippen LogP contribution in [0.1, 0.15) is 79.6 Å². The summed E-state index contributed by atoms with van der Waals surface area (Å²) in [5, 5.41) is 10.7. The first-order chi connectivity index (χ1) is 27.9. The number of carbonyl (C=O) groups excluding carboxylic acids is 3. The number of imide groups is 1. The molecule has 3 aromatic heterocycles. The van der Waals surface area contributed by atoms with Gasteiger partial charge in [0.2, 0.25) is 11.8 Å². The van der Waals surface area contributed by atoms with Crippen LogP contribution in [-0.4, -0.2) is 85.3 Å². The maximum atomic E-state index is 13.6. The molecule has 1 unspecified atom stereocenters. The molecule has 1 aliphatic carbocycles. The van der Waals surface area contributed by atoms with Crippen LogP contribution in [0.15, 0.2) is 59.5 Å². The first-order valence-corrected chi connectivity index (χ1v) is 19.8. The maximum Gasteiger partial charge on any atom is 0.433 e. The van der Waals surface area contributed by atoms with Gasteiger partial charge in [-0.3, -0.25) is 38.4 Å². The number of fused-ring (bicyclic) bond motifs is 4. The molecule has 2 aromatic carbocycles. The second kappa shape index (κ2) is 14.6. The number of aryl methyl sites for hydroxylation is 1.